The van der Waals surface area contributed by atoms with Crippen LogP contribution in [0.1, 0.15) is 46.5 Å². The molecular weight excluding hydrogens is 162 g/mol. The van der Waals surface area contributed by atoms with E-state index in [4.69, 9.17) is 4.74 Å². The zero-order valence-corrected chi connectivity index (χ0v) is 9.18. The molecule has 1 aliphatic rings. The van der Waals surface area contributed by atoms with Crippen molar-refractivity contribution >= 4 is 0 Å². The van der Waals surface area contributed by atoms with Gasteiger partial charge in [-0.2, -0.15) is 0 Å². The fraction of sp³-hybridized carbons (Fsp3) is 1.00. The molecule has 1 N–H and O–H groups in total. The Morgan fingerprint density at radius 3 is 2.46 bits per heavy atom. The highest BCUT2D eigenvalue weighted by molar-refractivity contribution is 4.72. The van der Waals surface area contributed by atoms with Crippen LogP contribution < -0.4 is 5.32 Å². The van der Waals surface area contributed by atoms with Gasteiger partial charge >= 0.3 is 0 Å². The molecule has 0 aliphatic heterocycles. The first-order valence-corrected chi connectivity index (χ1v) is 5.61. The van der Waals surface area contributed by atoms with Crippen LogP contribution in [0.5, 0.6) is 0 Å². The van der Waals surface area contributed by atoms with Gasteiger partial charge in [-0.25, -0.2) is 0 Å². The second kappa shape index (κ2) is 5.61. The van der Waals surface area contributed by atoms with Crippen molar-refractivity contribution in [2.24, 2.45) is 0 Å². The van der Waals surface area contributed by atoms with Gasteiger partial charge in [0.1, 0.15) is 0 Å². The van der Waals surface area contributed by atoms with E-state index in [1.54, 1.807) is 0 Å². The van der Waals surface area contributed by atoms with Gasteiger partial charge in [0.2, 0.25) is 0 Å². The first kappa shape index (κ1) is 11.0. The summed E-state index contributed by atoms with van der Waals surface area (Å²) in [5, 5.41) is 3.43. The summed E-state index contributed by atoms with van der Waals surface area (Å²) in [4.78, 5) is 0. The molecule has 0 aromatic rings. The van der Waals surface area contributed by atoms with E-state index in [9.17, 15) is 0 Å². The van der Waals surface area contributed by atoms with Crippen LogP contribution in [0.15, 0.2) is 0 Å². The number of rotatable bonds is 6. The Bertz CT molecular complexity index is 132. The highest BCUT2D eigenvalue weighted by atomic mass is 16.5. The van der Waals surface area contributed by atoms with E-state index in [1.807, 2.05) is 0 Å². The van der Waals surface area contributed by atoms with Gasteiger partial charge in [-0.3, -0.25) is 0 Å². The monoisotopic (exact) mass is 185 g/mol. The molecular formula is C11H23NO. The lowest BCUT2D eigenvalue weighted by atomic mass is 9.96. The minimum absolute atomic E-state index is 0.424. The SMILES string of the molecule is CCC(CNC(C)C)OC1CCC1. The van der Waals surface area contributed by atoms with Crippen molar-refractivity contribution in [2.75, 3.05) is 6.54 Å². The standard InChI is InChI=1S/C11H23NO/c1-4-10(8-12-9(2)3)13-11-6-5-7-11/h9-12H,4-8H2,1-3H3. The molecule has 13 heavy (non-hydrogen) atoms. The zero-order valence-electron chi connectivity index (χ0n) is 9.18. The van der Waals surface area contributed by atoms with Gasteiger partial charge in [0.05, 0.1) is 12.2 Å². The molecule has 1 fully saturated rings. The maximum atomic E-state index is 5.92. The predicted molar refractivity (Wildman–Crippen MR) is 55.9 cm³/mol. The van der Waals surface area contributed by atoms with Crippen LogP contribution in [-0.4, -0.2) is 24.8 Å². The lowest BCUT2D eigenvalue weighted by Gasteiger charge is -2.30. The number of hydrogen-bond acceptors (Lipinski definition) is 2. The van der Waals surface area contributed by atoms with Crippen LogP contribution in [0.25, 0.3) is 0 Å². The first-order valence-electron chi connectivity index (χ1n) is 5.61. The van der Waals surface area contributed by atoms with E-state index in [1.165, 1.54) is 19.3 Å². The molecule has 0 bridgehead atoms. The number of ether oxygens (including phenoxy) is 1. The van der Waals surface area contributed by atoms with Crippen molar-refractivity contribution < 1.29 is 4.74 Å². The highest BCUT2D eigenvalue weighted by Crippen LogP contribution is 2.23. The van der Waals surface area contributed by atoms with Crippen LogP contribution >= 0.6 is 0 Å². The van der Waals surface area contributed by atoms with Crippen LogP contribution in [-0.2, 0) is 4.74 Å². The second-order valence-corrected chi connectivity index (χ2v) is 4.28. The van der Waals surface area contributed by atoms with E-state index < -0.39 is 0 Å². The third kappa shape index (κ3) is 4.10. The zero-order chi connectivity index (χ0) is 9.68. The fourth-order valence-electron chi connectivity index (χ4n) is 1.43. The van der Waals surface area contributed by atoms with Gasteiger partial charge in [-0.15, -0.1) is 0 Å². The average Bonchev–Trinajstić information content (AvgIpc) is 2.01. The molecule has 0 saturated heterocycles. The molecule has 1 rings (SSSR count). The Kier molecular flexibility index (Phi) is 4.74. The summed E-state index contributed by atoms with van der Waals surface area (Å²) >= 11 is 0. The Morgan fingerprint density at radius 2 is 2.08 bits per heavy atom. The van der Waals surface area contributed by atoms with Crippen LogP contribution in [0, 0.1) is 0 Å². The third-order valence-electron chi connectivity index (χ3n) is 2.65. The summed E-state index contributed by atoms with van der Waals surface area (Å²) in [6.45, 7) is 7.56. The largest absolute Gasteiger partial charge is 0.374 e. The molecule has 1 unspecified atom stereocenters. The minimum atomic E-state index is 0.424. The smallest absolute Gasteiger partial charge is 0.0700 e. The van der Waals surface area contributed by atoms with E-state index in [-0.39, 0.29) is 0 Å². The normalized spacial score (nSPS) is 20.3. The predicted octanol–water partition coefficient (Wildman–Crippen LogP) is 2.33. The third-order valence-corrected chi connectivity index (χ3v) is 2.65. The average molecular weight is 185 g/mol. The van der Waals surface area contributed by atoms with Crippen LogP contribution in [0.2, 0.25) is 0 Å². The van der Waals surface area contributed by atoms with Crippen LogP contribution in [0.3, 0.4) is 0 Å². The quantitative estimate of drug-likeness (QED) is 0.685. The summed E-state index contributed by atoms with van der Waals surface area (Å²) in [7, 11) is 0. The molecule has 0 amide bonds. The Balaban J connectivity index is 2.09. The summed E-state index contributed by atoms with van der Waals surface area (Å²) in [6.07, 6.45) is 6.03. The van der Waals surface area contributed by atoms with Gasteiger partial charge in [-0.05, 0) is 25.7 Å². The fourth-order valence-corrected chi connectivity index (χ4v) is 1.43. The maximum absolute atomic E-state index is 5.92. The summed E-state index contributed by atoms with van der Waals surface area (Å²) in [6, 6.07) is 0.569. The first-order chi connectivity index (χ1) is 6.22. The summed E-state index contributed by atoms with van der Waals surface area (Å²) in [5.74, 6) is 0. The summed E-state index contributed by atoms with van der Waals surface area (Å²) < 4.78 is 5.92. The van der Waals surface area contributed by atoms with Gasteiger partial charge in [0, 0.05) is 12.6 Å². The molecule has 1 atom stereocenters. The van der Waals surface area contributed by atoms with Gasteiger partial charge in [-0.1, -0.05) is 20.8 Å². The van der Waals surface area contributed by atoms with Crippen molar-refractivity contribution in [3.8, 4) is 0 Å². The molecule has 1 saturated carbocycles. The van der Waals surface area contributed by atoms with E-state index in [2.05, 4.69) is 26.1 Å². The van der Waals surface area contributed by atoms with Gasteiger partial charge in [0.15, 0.2) is 0 Å². The van der Waals surface area contributed by atoms with Crippen molar-refractivity contribution in [3.05, 3.63) is 0 Å². The summed E-state index contributed by atoms with van der Waals surface area (Å²) in [5.41, 5.74) is 0. The van der Waals surface area contributed by atoms with Crippen molar-refractivity contribution in [3.63, 3.8) is 0 Å². The Morgan fingerprint density at radius 1 is 1.38 bits per heavy atom. The Hall–Kier alpha value is -0.0800. The second-order valence-electron chi connectivity index (χ2n) is 4.28. The molecule has 2 nitrogen and oxygen atoms in total. The van der Waals surface area contributed by atoms with Crippen molar-refractivity contribution in [2.45, 2.75) is 64.7 Å². The van der Waals surface area contributed by atoms with Crippen molar-refractivity contribution in [1.82, 2.24) is 5.32 Å². The highest BCUT2D eigenvalue weighted by Gasteiger charge is 2.21. The topological polar surface area (TPSA) is 21.3 Å². The molecule has 2 heteroatoms. The molecule has 78 valence electrons. The molecule has 0 heterocycles. The van der Waals surface area contributed by atoms with Crippen LogP contribution in [0.4, 0.5) is 0 Å². The van der Waals surface area contributed by atoms with Gasteiger partial charge < -0.3 is 10.1 Å². The molecule has 0 radical (unpaired) electrons. The molecule has 0 spiro atoms. The number of hydrogen-bond donors (Lipinski definition) is 1. The minimum Gasteiger partial charge on any atom is -0.374 e. The molecule has 0 aromatic carbocycles. The lowest BCUT2D eigenvalue weighted by molar-refractivity contribution is -0.0517. The lowest BCUT2D eigenvalue weighted by Crippen LogP contribution is -2.37. The maximum Gasteiger partial charge on any atom is 0.0700 e. The Labute approximate surface area is 82.0 Å². The number of nitrogens with one attached hydrogen (secondary N) is 1. The molecule has 0 aromatic heterocycles. The van der Waals surface area contributed by atoms with Gasteiger partial charge in [0.25, 0.3) is 0 Å². The molecule has 1 aliphatic carbocycles. The van der Waals surface area contributed by atoms with E-state index in [0.29, 0.717) is 18.2 Å². The van der Waals surface area contributed by atoms with E-state index >= 15 is 0 Å². The van der Waals surface area contributed by atoms with Crippen molar-refractivity contribution in [1.29, 1.82) is 0 Å². The van der Waals surface area contributed by atoms with E-state index in [0.717, 1.165) is 13.0 Å².